The average Bonchev–Trinajstić information content (AvgIpc) is 2.92. The first-order valence-electron chi connectivity index (χ1n) is 11.5. The molecule has 0 amide bonds. The number of benzene rings is 4. The number of hydrogen-bond acceptors (Lipinski definition) is 6. The van der Waals surface area contributed by atoms with E-state index in [2.05, 4.69) is 48.1 Å². The number of aliphatic imine (C=N–C) groups is 2. The van der Waals surface area contributed by atoms with Crippen LogP contribution in [0.3, 0.4) is 0 Å². The van der Waals surface area contributed by atoms with Crippen molar-refractivity contribution in [3.8, 4) is 23.0 Å². The molecule has 0 heterocycles. The summed E-state index contributed by atoms with van der Waals surface area (Å²) in [5.41, 5.74) is 3.22. The molecule has 0 N–H and O–H groups in total. The first kappa shape index (κ1) is 24.4. The molecule has 0 saturated heterocycles. The first-order valence-corrected chi connectivity index (χ1v) is 11.5. The van der Waals surface area contributed by atoms with E-state index in [1.54, 1.807) is 48.5 Å². The molecular weight excluding hydrogens is 452 g/mol. The molecular formula is C30H24N2O4. The van der Waals surface area contributed by atoms with Crippen LogP contribution in [-0.2, 0) is 15.0 Å². The molecule has 6 nitrogen and oxygen atoms in total. The van der Waals surface area contributed by atoms with Gasteiger partial charge in [-0.15, -0.1) is 0 Å². The summed E-state index contributed by atoms with van der Waals surface area (Å²) in [5, 5.41) is 0. The van der Waals surface area contributed by atoms with Crippen LogP contribution in [0, 0.1) is 0 Å². The van der Waals surface area contributed by atoms with Crippen molar-refractivity contribution in [2.75, 3.05) is 0 Å². The van der Waals surface area contributed by atoms with Gasteiger partial charge in [0.25, 0.3) is 0 Å². The first-order chi connectivity index (χ1) is 17.5. The lowest BCUT2D eigenvalue weighted by molar-refractivity contribution is 0.479. The lowest BCUT2D eigenvalue weighted by Gasteiger charge is -2.30. The van der Waals surface area contributed by atoms with Crippen LogP contribution in [0.5, 0.6) is 23.0 Å². The molecule has 0 fully saturated rings. The monoisotopic (exact) mass is 476 g/mol. The topological polar surface area (TPSA) is 77.3 Å². The largest absolute Gasteiger partial charge is 0.457 e. The van der Waals surface area contributed by atoms with E-state index in [4.69, 9.17) is 9.47 Å². The van der Waals surface area contributed by atoms with E-state index in [0.29, 0.717) is 22.9 Å². The summed E-state index contributed by atoms with van der Waals surface area (Å²) in [6.07, 6.45) is 3.96. The van der Waals surface area contributed by atoms with Gasteiger partial charge in [-0.2, -0.15) is 9.98 Å². The molecule has 0 bridgehead atoms. The van der Waals surface area contributed by atoms with Crippen molar-refractivity contribution in [2.24, 2.45) is 9.98 Å². The second kappa shape index (κ2) is 11.1. The van der Waals surface area contributed by atoms with Crippen LogP contribution in [0.2, 0.25) is 0 Å². The molecule has 178 valence electrons. The highest BCUT2D eigenvalue weighted by Gasteiger charge is 2.27. The predicted octanol–water partition coefficient (Wildman–Crippen LogP) is 7.92. The van der Waals surface area contributed by atoms with Gasteiger partial charge in [0.1, 0.15) is 23.0 Å². The van der Waals surface area contributed by atoms with Gasteiger partial charge >= 0.3 is 0 Å². The van der Waals surface area contributed by atoms with Gasteiger partial charge in [-0.3, -0.25) is 0 Å². The summed E-state index contributed by atoms with van der Waals surface area (Å²) in [6, 6.07) is 30.0. The number of rotatable bonds is 9. The molecule has 0 unspecified atom stereocenters. The molecule has 6 heteroatoms. The molecule has 4 aromatic rings. The minimum absolute atomic E-state index is 0.194. The van der Waals surface area contributed by atoms with Crippen molar-refractivity contribution in [3.05, 3.63) is 108 Å². The maximum Gasteiger partial charge on any atom is 0.240 e. The van der Waals surface area contributed by atoms with E-state index in [0.717, 1.165) is 17.9 Å². The third-order valence-electron chi connectivity index (χ3n) is 6.18. The molecule has 0 spiro atoms. The van der Waals surface area contributed by atoms with Crippen LogP contribution in [0.25, 0.3) is 0 Å². The van der Waals surface area contributed by atoms with Gasteiger partial charge in [0.15, 0.2) is 0 Å². The minimum atomic E-state index is -0.194. The van der Waals surface area contributed by atoms with Crippen molar-refractivity contribution in [1.82, 2.24) is 0 Å². The fourth-order valence-corrected chi connectivity index (χ4v) is 3.91. The zero-order chi connectivity index (χ0) is 25.4. The minimum Gasteiger partial charge on any atom is -0.457 e. The van der Waals surface area contributed by atoms with Crippen molar-refractivity contribution in [2.45, 2.75) is 25.7 Å². The molecule has 0 aromatic heterocycles. The normalized spacial score (nSPS) is 11.9. The summed E-state index contributed by atoms with van der Waals surface area (Å²) in [7, 11) is 0. The van der Waals surface area contributed by atoms with Crippen LogP contribution in [0.1, 0.15) is 31.4 Å². The average molecular weight is 477 g/mol. The molecule has 0 aliphatic heterocycles. The highest BCUT2D eigenvalue weighted by Crippen LogP contribution is 2.37. The van der Waals surface area contributed by atoms with Gasteiger partial charge in [0.2, 0.25) is 12.2 Å². The fraction of sp³-hybridized carbons (Fsp3) is 0.133. The van der Waals surface area contributed by atoms with Crippen molar-refractivity contribution in [1.29, 1.82) is 0 Å². The van der Waals surface area contributed by atoms with Gasteiger partial charge in [0, 0.05) is 5.41 Å². The Labute approximate surface area is 209 Å². The number of ether oxygens (including phenoxy) is 2. The standard InChI is InChI=1S/C30H24N2O4/c1-3-30(2,22-4-12-26(13-5-22)35-28-16-8-24(9-17-28)31-20-33)23-6-14-27(15-7-23)36-29-18-10-25(11-19-29)32-21-34/h4-19H,3H2,1-2H3. The lowest BCUT2D eigenvalue weighted by Crippen LogP contribution is -2.22. The molecule has 4 rings (SSSR count). The number of nitrogens with zero attached hydrogens (tertiary/aromatic N) is 2. The lowest BCUT2D eigenvalue weighted by atomic mass is 9.74. The third-order valence-corrected chi connectivity index (χ3v) is 6.18. The second-order valence-electron chi connectivity index (χ2n) is 8.33. The van der Waals surface area contributed by atoms with Crippen molar-refractivity contribution < 1.29 is 19.1 Å². The summed E-state index contributed by atoms with van der Waals surface area (Å²) in [5.74, 6) is 2.76. The molecule has 4 aromatic carbocycles. The van der Waals surface area contributed by atoms with E-state index in [1.165, 1.54) is 23.3 Å². The number of isocyanates is 2. The number of hydrogen-bond donors (Lipinski definition) is 0. The van der Waals surface area contributed by atoms with Crippen molar-refractivity contribution >= 4 is 23.5 Å². The Bertz CT molecular complexity index is 1290. The maximum atomic E-state index is 10.4. The quantitative estimate of drug-likeness (QED) is 0.182. The summed E-state index contributed by atoms with van der Waals surface area (Å²) in [6.45, 7) is 4.39. The second-order valence-corrected chi connectivity index (χ2v) is 8.33. The molecule has 0 atom stereocenters. The highest BCUT2D eigenvalue weighted by molar-refractivity contribution is 5.52. The number of carbonyl (C=O) groups excluding carboxylic acids is 2. The van der Waals surface area contributed by atoms with Gasteiger partial charge < -0.3 is 9.47 Å². The van der Waals surface area contributed by atoms with Crippen LogP contribution >= 0.6 is 0 Å². The summed E-state index contributed by atoms with van der Waals surface area (Å²) < 4.78 is 11.9. The van der Waals surface area contributed by atoms with Gasteiger partial charge in [-0.25, -0.2) is 9.59 Å². The van der Waals surface area contributed by atoms with Crippen LogP contribution < -0.4 is 9.47 Å². The Kier molecular flexibility index (Phi) is 7.52. The molecule has 0 aliphatic carbocycles. The van der Waals surface area contributed by atoms with Crippen LogP contribution in [-0.4, -0.2) is 12.2 Å². The third kappa shape index (κ3) is 5.65. The summed E-state index contributed by atoms with van der Waals surface area (Å²) in [4.78, 5) is 27.9. The fourth-order valence-electron chi connectivity index (χ4n) is 3.91. The van der Waals surface area contributed by atoms with E-state index in [-0.39, 0.29) is 5.41 Å². The van der Waals surface area contributed by atoms with E-state index < -0.39 is 0 Å². The molecule has 36 heavy (non-hydrogen) atoms. The van der Waals surface area contributed by atoms with E-state index in [1.807, 2.05) is 24.3 Å². The van der Waals surface area contributed by atoms with E-state index in [9.17, 15) is 9.59 Å². The van der Waals surface area contributed by atoms with Crippen LogP contribution in [0.4, 0.5) is 11.4 Å². The molecule has 0 saturated carbocycles. The SMILES string of the molecule is CCC(C)(c1ccc(Oc2ccc(N=C=O)cc2)cc1)c1ccc(Oc2ccc(N=C=O)cc2)cc1. The Hall–Kier alpha value is -4.76. The molecule has 0 aliphatic rings. The zero-order valence-electron chi connectivity index (χ0n) is 20.0. The zero-order valence-corrected chi connectivity index (χ0v) is 20.0. The van der Waals surface area contributed by atoms with E-state index >= 15 is 0 Å². The van der Waals surface area contributed by atoms with Crippen molar-refractivity contribution in [3.63, 3.8) is 0 Å². The smallest absolute Gasteiger partial charge is 0.240 e. The maximum absolute atomic E-state index is 10.4. The Balaban J connectivity index is 1.47. The molecule has 0 radical (unpaired) electrons. The predicted molar refractivity (Wildman–Crippen MR) is 138 cm³/mol. The van der Waals surface area contributed by atoms with Gasteiger partial charge in [-0.05, 0) is 90.3 Å². The Morgan fingerprint density at radius 3 is 1.17 bits per heavy atom. The van der Waals surface area contributed by atoms with Gasteiger partial charge in [-0.1, -0.05) is 38.1 Å². The Morgan fingerprint density at radius 2 is 0.889 bits per heavy atom. The van der Waals surface area contributed by atoms with Crippen LogP contribution in [0.15, 0.2) is 107 Å². The highest BCUT2D eigenvalue weighted by atomic mass is 16.5. The summed E-state index contributed by atoms with van der Waals surface area (Å²) >= 11 is 0. The van der Waals surface area contributed by atoms with Gasteiger partial charge in [0.05, 0.1) is 11.4 Å². The Morgan fingerprint density at radius 1 is 0.583 bits per heavy atom.